The molecule has 5 heteroatoms. The van der Waals surface area contributed by atoms with Gasteiger partial charge in [0.05, 0.1) is 5.56 Å². The van der Waals surface area contributed by atoms with E-state index in [4.69, 9.17) is 4.74 Å². The van der Waals surface area contributed by atoms with Crippen molar-refractivity contribution in [1.29, 1.82) is 0 Å². The lowest BCUT2D eigenvalue weighted by atomic mass is 10.1. The van der Waals surface area contributed by atoms with Crippen LogP contribution in [0.15, 0.2) is 71.9 Å². The van der Waals surface area contributed by atoms with Crippen molar-refractivity contribution in [3.05, 3.63) is 83.0 Å². The number of pyridine rings is 2. The Morgan fingerprint density at radius 3 is 2.68 bits per heavy atom. The number of aryl methyl sites for hydroxylation is 1. The van der Waals surface area contributed by atoms with Crippen LogP contribution in [-0.2, 0) is 7.05 Å². The zero-order valence-electron chi connectivity index (χ0n) is 13.5. The van der Waals surface area contributed by atoms with E-state index >= 15 is 0 Å². The van der Waals surface area contributed by atoms with E-state index in [9.17, 15) is 9.59 Å². The van der Waals surface area contributed by atoms with Crippen LogP contribution in [0.3, 0.4) is 0 Å². The fourth-order valence-electron chi connectivity index (χ4n) is 2.87. The number of carbonyl (C=O) groups is 1. The molecule has 4 aromatic rings. The van der Waals surface area contributed by atoms with Gasteiger partial charge in [-0.3, -0.25) is 9.78 Å². The number of hydrogen-bond acceptors (Lipinski definition) is 4. The summed E-state index contributed by atoms with van der Waals surface area (Å²) >= 11 is 0. The Hall–Kier alpha value is -3.47. The van der Waals surface area contributed by atoms with Crippen molar-refractivity contribution < 1.29 is 9.53 Å². The maximum absolute atomic E-state index is 12.7. The third-order valence-corrected chi connectivity index (χ3v) is 4.13. The highest BCUT2D eigenvalue weighted by atomic mass is 16.5. The number of hydrogen-bond donors (Lipinski definition) is 0. The molecule has 2 aromatic heterocycles. The summed E-state index contributed by atoms with van der Waals surface area (Å²) in [7, 11) is 1.62. The topological polar surface area (TPSA) is 61.2 Å². The first kappa shape index (κ1) is 15.1. The Morgan fingerprint density at radius 1 is 1.04 bits per heavy atom. The maximum atomic E-state index is 12.7. The predicted molar refractivity (Wildman–Crippen MR) is 95.9 cm³/mol. The summed E-state index contributed by atoms with van der Waals surface area (Å²) < 4.78 is 6.93. The zero-order valence-corrected chi connectivity index (χ0v) is 13.5. The molecule has 0 unspecified atom stereocenters. The van der Waals surface area contributed by atoms with E-state index in [2.05, 4.69) is 4.98 Å². The van der Waals surface area contributed by atoms with Crippen LogP contribution in [-0.4, -0.2) is 15.5 Å². The van der Waals surface area contributed by atoms with Crippen molar-refractivity contribution in [3.8, 4) is 5.75 Å². The Balaban J connectivity index is 1.77. The van der Waals surface area contributed by atoms with Gasteiger partial charge in [-0.25, -0.2) is 4.79 Å². The smallest absolute Gasteiger partial charge is 0.345 e. The monoisotopic (exact) mass is 330 g/mol. The molecule has 0 radical (unpaired) electrons. The van der Waals surface area contributed by atoms with E-state index < -0.39 is 5.97 Å². The second kappa shape index (κ2) is 5.87. The Labute approximate surface area is 143 Å². The van der Waals surface area contributed by atoms with Crippen molar-refractivity contribution in [1.82, 2.24) is 9.55 Å². The first-order valence-corrected chi connectivity index (χ1v) is 7.78. The van der Waals surface area contributed by atoms with Crippen molar-refractivity contribution in [2.75, 3.05) is 0 Å². The molecule has 0 bridgehead atoms. The molecule has 5 nitrogen and oxygen atoms in total. The summed E-state index contributed by atoms with van der Waals surface area (Å²) in [6.07, 6.45) is 4.95. The molecule has 2 heterocycles. The van der Waals surface area contributed by atoms with Gasteiger partial charge in [-0.15, -0.1) is 0 Å². The minimum atomic E-state index is -0.500. The fraction of sp³-hybridized carbons (Fsp3) is 0.0500. The van der Waals surface area contributed by atoms with Gasteiger partial charge in [0, 0.05) is 41.8 Å². The van der Waals surface area contributed by atoms with E-state index in [-0.39, 0.29) is 5.56 Å². The van der Waals surface area contributed by atoms with Gasteiger partial charge in [0.15, 0.2) is 0 Å². The molecule has 0 fully saturated rings. The minimum absolute atomic E-state index is 0.148. The van der Waals surface area contributed by atoms with E-state index in [1.807, 2.05) is 12.1 Å². The lowest BCUT2D eigenvalue weighted by Gasteiger charge is -2.09. The first-order chi connectivity index (χ1) is 12.1. The van der Waals surface area contributed by atoms with Crippen LogP contribution >= 0.6 is 0 Å². The molecular weight excluding hydrogens is 316 g/mol. The minimum Gasteiger partial charge on any atom is -0.423 e. The van der Waals surface area contributed by atoms with Crippen LogP contribution in [0.4, 0.5) is 0 Å². The molecule has 0 saturated carbocycles. The molecule has 0 N–H and O–H groups in total. The Bertz CT molecular complexity index is 1180. The fourth-order valence-corrected chi connectivity index (χ4v) is 2.87. The van der Waals surface area contributed by atoms with Crippen LogP contribution in [0.25, 0.3) is 21.5 Å². The summed E-state index contributed by atoms with van der Waals surface area (Å²) in [4.78, 5) is 29.0. The van der Waals surface area contributed by atoms with Crippen LogP contribution in [0.1, 0.15) is 10.4 Å². The van der Waals surface area contributed by atoms with Gasteiger partial charge < -0.3 is 9.30 Å². The van der Waals surface area contributed by atoms with E-state index in [0.29, 0.717) is 22.1 Å². The Morgan fingerprint density at radius 2 is 1.84 bits per heavy atom. The number of rotatable bonds is 2. The van der Waals surface area contributed by atoms with Crippen molar-refractivity contribution in [2.45, 2.75) is 0 Å². The van der Waals surface area contributed by atoms with Crippen LogP contribution < -0.4 is 10.3 Å². The summed E-state index contributed by atoms with van der Waals surface area (Å²) in [5, 5.41) is 2.98. The lowest BCUT2D eigenvalue weighted by molar-refractivity contribution is 0.0736. The van der Waals surface area contributed by atoms with Crippen LogP contribution in [0, 0.1) is 0 Å². The molecule has 0 spiro atoms. The van der Waals surface area contributed by atoms with Gasteiger partial charge in [0.2, 0.25) is 0 Å². The van der Waals surface area contributed by atoms with Gasteiger partial charge in [0.25, 0.3) is 5.56 Å². The summed E-state index contributed by atoms with van der Waals surface area (Å²) in [6.45, 7) is 0. The van der Waals surface area contributed by atoms with Gasteiger partial charge in [-0.05, 0) is 35.7 Å². The molecule has 25 heavy (non-hydrogen) atoms. The van der Waals surface area contributed by atoms with Gasteiger partial charge in [-0.1, -0.05) is 18.2 Å². The number of carbonyl (C=O) groups excluding carboxylic acids is 1. The number of fused-ring (bicyclic) bond motifs is 2. The SMILES string of the molecule is Cn1cc(C(=O)Oc2ccc3cnccc3c2)c2ccccc2c1=O. The molecular formula is C20H14N2O3. The third-order valence-electron chi connectivity index (χ3n) is 4.13. The van der Waals surface area contributed by atoms with Gasteiger partial charge >= 0.3 is 5.97 Å². The summed E-state index contributed by atoms with van der Waals surface area (Å²) in [6, 6.07) is 14.2. The van der Waals surface area contributed by atoms with E-state index in [1.165, 1.54) is 10.8 Å². The zero-order chi connectivity index (χ0) is 17.4. The highest BCUT2D eigenvalue weighted by molar-refractivity contribution is 6.04. The maximum Gasteiger partial charge on any atom is 0.345 e. The summed E-state index contributed by atoms with van der Waals surface area (Å²) in [5.41, 5.74) is 0.206. The quantitative estimate of drug-likeness (QED) is 0.418. The molecule has 0 aliphatic heterocycles. The second-order valence-electron chi connectivity index (χ2n) is 5.78. The number of benzene rings is 2. The molecule has 0 aliphatic carbocycles. The van der Waals surface area contributed by atoms with Crippen molar-refractivity contribution in [2.24, 2.45) is 7.05 Å². The number of ether oxygens (including phenoxy) is 1. The second-order valence-corrected chi connectivity index (χ2v) is 5.78. The molecule has 0 saturated heterocycles. The van der Waals surface area contributed by atoms with Crippen molar-refractivity contribution in [3.63, 3.8) is 0 Å². The highest BCUT2D eigenvalue weighted by Gasteiger charge is 2.15. The third kappa shape index (κ3) is 2.65. The summed E-state index contributed by atoms with van der Waals surface area (Å²) in [5.74, 6) is -0.0539. The molecule has 2 aromatic carbocycles. The lowest BCUT2D eigenvalue weighted by Crippen LogP contribution is -2.20. The first-order valence-electron chi connectivity index (χ1n) is 7.78. The molecule has 122 valence electrons. The predicted octanol–water partition coefficient (Wildman–Crippen LogP) is 3.31. The van der Waals surface area contributed by atoms with Gasteiger partial charge in [-0.2, -0.15) is 0 Å². The number of aromatic nitrogens is 2. The largest absolute Gasteiger partial charge is 0.423 e. The number of esters is 1. The normalized spacial score (nSPS) is 10.9. The van der Waals surface area contributed by atoms with E-state index in [1.54, 1.807) is 55.8 Å². The average Bonchev–Trinajstić information content (AvgIpc) is 2.64. The molecule has 0 atom stereocenters. The van der Waals surface area contributed by atoms with E-state index in [0.717, 1.165) is 10.8 Å². The van der Waals surface area contributed by atoms with Crippen LogP contribution in [0.2, 0.25) is 0 Å². The number of nitrogens with zero attached hydrogens (tertiary/aromatic N) is 2. The van der Waals surface area contributed by atoms with Gasteiger partial charge in [0.1, 0.15) is 5.75 Å². The molecule has 0 aliphatic rings. The molecule has 0 amide bonds. The molecule has 4 rings (SSSR count). The van der Waals surface area contributed by atoms with Crippen LogP contribution in [0.5, 0.6) is 5.75 Å². The standard InChI is InChI=1S/C20H14N2O3/c1-22-12-18(16-4-2-3-5-17(16)19(22)23)20(24)25-15-7-6-14-11-21-9-8-13(14)10-15/h2-12H,1H3. The average molecular weight is 330 g/mol. The highest BCUT2D eigenvalue weighted by Crippen LogP contribution is 2.22. The van der Waals surface area contributed by atoms with Crippen molar-refractivity contribution >= 4 is 27.5 Å². The Kier molecular flexibility index (Phi) is 3.54.